The van der Waals surface area contributed by atoms with Crippen LogP contribution in [0.1, 0.15) is 6.92 Å². The van der Waals surface area contributed by atoms with Gasteiger partial charge < -0.3 is 18.9 Å². The Bertz CT molecular complexity index is 111. The highest BCUT2D eigenvalue weighted by molar-refractivity contribution is 7.99. The van der Waals surface area contributed by atoms with Crippen molar-refractivity contribution in [2.75, 3.05) is 64.9 Å². The molecule has 0 heterocycles. The summed E-state index contributed by atoms with van der Waals surface area (Å²) < 4.78 is 20.8. The number of thioether (sulfide) groups is 1. The Hall–Kier alpha value is 0.190. The lowest BCUT2D eigenvalue weighted by Crippen LogP contribution is -2.11. The van der Waals surface area contributed by atoms with Crippen LogP contribution in [0.25, 0.3) is 0 Å². The third-order valence-electron chi connectivity index (χ3n) is 1.75. The average molecular weight is 252 g/mol. The van der Waals surface area contributed by atoms with E-state index in [0.29, 0.717) is 39.6 Å². The topological polar surface area (TPSA) is 36.9 Å². The predicted octanol–water partition coefficient (Wildman–Crippen LogP) is 1.44. The zero-order chi connectivity index (χ0) is 11.9. The Morgan fingerprint density at radius 1 is 0.750 bits per heavy atom. The lowest BCUT2D eigenvalue weighted by molar-refractivity contribution is 0.00565. The molecule has 0 unspecified atom stereocenters. The van der Waals surface area contributed by atoms with E-state index in [4.69, 9.17) is 18.9 Å². The summed E-state index contributed by atoms with van der Waals surface area (Å²) in [4.78, 5) is 0. The molecule has 0 bridgehead atoms. The maximum Gasteiger partial charge on any atom is 0.0701 e. The van der Waals surface area contributed by atoms with E-state index < -0.39 is 0 Å². The van der Waals surface area contributed by atoms with Crippen LogP contribution < -0.4 is 0 Å². The summed E-state index contributed by atoms with van der Waals surface area (Å²) >= 11 is 1.89. The summed E-state index contributed by atoms with van der Waals surface area (Å²) in [6.07, 6.45) is 0. The highest BCUT2D eigenvalue weighted by atomic mass is 32.2. The number of rotatable bonds is 13. The van der Waals surface area contributed by atoms with Gasteiger partial charge in [0.2, 0.25) is 0 Å². The molecule has 0 aliphatic heterocycles. The van der Waals surface area contributed by atoms with Crippen molar-refractivity contribution in [2.24, 2.45) is 0 Å². The van der Waals surface area contributed by atoms with Crippen molar-refractivity contribution in [1.29, 1.82) is 0 Å². The summed E-state index contributed by atoms with van der Waals surface area (Å²) in [7, 11) is 1.66. The molecule has 0 radical (unpaired) electrons. The Balaban J connectivity index is 2.83. The largest absolute Gasteiger partial charge is 0.382 e. The number of hydrogen-bond donors (Lipinski definition) is 0. The van der Waals surface area contributed by atoms with Crippen molar-refractivity contribution < 1.29 is 18.9 Å². The average Bonchev–Trinajstić information content (AvgIpc) is 2.31. The summed E-state index contributed by atoms with van der Waals surface area (Å²) in [5, 5.41) is 0. The van der Waals surface area contributed by atoms with Crippen molar-refractivity contribution in [3.8, 4) is 0 Å². The second kappa shape index (κ2) is 15.2. The Morgan fingerprint density at radius 2 is 1.25 bits per heavy atom. The molecule has 98 valence electrons. The van der Waals surface area contributed by atoms with Gasteiger partial charge in [0, 0.05) is 12.9 Å². The van der Waals surface area contributed by atoms with E-state index in [1.807, 2.05) is 11.8 Å². The zero-order valence-corrected chi connectivity index (χ0v) is 11.2. The van der Waals surface area contributed by atoms with Gasteiger partial charge in [0.15, 0.2) is 0 Å². The van der Waals surface area contributed by atoms with Gasteiger partial charge in [0.1, 0.15) is 0 Å². The second-order valence-corrected chi connectivity index (χ2v) is 4.42. The molecule has 0 saturated carbocycles. The minimum absolute atomic E-state index is 0.620. The van der Waals surface area contributed by atoms with Crippen LogP contribution in [0.5, 0.6) is 0 Å². The first kappa shape index (κ1) is 16.2. The van der Waals surface area contributed by atoms with Gasteiger partial charge in [-0.2, -0.15) is 11.8 Å². The third kappa shape index (κ3) is 14.2. The Labute approximate surface area is 103 Å². The zero-order valence-electron chi connectivity index (χ0n) is 10.4. The fourth-order valence-electron chi connectivity index (χ4n) is 0.946. The molecule has 0 spiro atoms. The SMILES string of the molecule is CCSCCOCCOCCOCCOC. The van der Waals surface area contributed by atoms with E-state index in [1.54, 1.807) is 7.11 Å². The van der Waals surface area contributed by atoms with Crippen LogP contribution in [0, 0.1) is 0 Å². The highest BCUT2D eigenvalue weighted by Gasteiger charge is 1.91. The molecule has 0 atom stereocenters. The van der Waals surface area contributed by atoms with Crippen molar-refractivity contribution in [3.63, 3.8) is 0 Å². The monoisotopic (exact) mass is 252 g/mol. The van der Waals surface area contributed by atoms with E-state index >= 15 is 0 Å². The molecule has 0 aromatic rings. The van der Waals surface area contributed by atoms with Crippen molar-refractivity contribution in [1.82, 2.24) is 0 Å². The van der Waals surface area contributed by atoms with E-state index in [-0.39, 0.29) is 0 Å². The maximum atomic E-state index is 5.37. The smallest absolute Gasteiger partial charge is 0.0701 e. The molecule has 0 aliphatic rings. The van der Waals surface area contributed by atoms with Crippen LogP contribution in [0.3, 0.4) is 0 Å². The molecule has 0 amide bonds. The minimum atomic E-state index is 0.620. The normalized spacial score (nSPS) is 10.9. The van der Waals surface area contributed by atoms with Gasteiger partial charge in [-0.25, -0.2) is 0 Å². The van der Waals surface area contributed by atoms with Crippen LogP contribution in [-0.4, -0.2) is 64.9 Å². The molecule has 16 heavy (non-hydrogen) atoms. The molecule has 0 aromatic carbocycles. The van der Waals surface area contributed by atoms with E-state index in [2.05, 4.69) is 6.92 Å². The maximum absolute atomic E-state index is 5.37. The lowest BCUT2D eigenvalue weighted by atomic mass is 10.7. The van der Waals surface area contributed by atoms with Crippen LogP contribution in [0.15, 0.2) is 0 Å². The summed E-state index contributed by atoms with van der Waals surface area (Å²) in [6, 6.07) is 0. The first-order chi connectivity index (χ1) is 7.91. The van der Waals surface area contributed by atoms with Crippen LogP contribution in [0.4, 0.5) is 0 Å². The molecular formula is C11H24O4S. The molecular weight excluding hydrogens is 228 g/mol. The molecule has 0 rings (SSSR count). The van der Waals surface area contributed by atoms with Crippen molar-refractivity contribution >= 4 is 11.8 Å². The first-order valence-electron chi connectivity index (χ1n) is 5.71. The summed E-state index contributed by atoms with van der Waals surface area (Å²) in [5.74, 6) is 2.22. The van der Waals surface area contributed by atoms with Crippen LogP contribution >= 0.6 is 11.8 Å². The molecule has 0 aliphatic carbocycles. The van der Waals surface area contributed by atoms with E-state index in [0.717, 1.165) is 18.1 Å². The molecule has 4 nitrogen and oxygen atoms in total. The number of methoxy groups -OCH3 is 1. The van der Waals surface area contributed by atoms with Gasteiger partial charge in [-0.05, 0) is 5.75 Å². The van der Waals surface area contributed by atoms with Gasteiger partial charge in [-0.1, -0.05) is 6.92 Å². The van der Waals surface area contributed by atoms with Gasteiger partial charge in [-0.3, -0.25) is 0 Å². The summed E-state index contributed by atoms with van der Waals surface area (Å²) in [6.45, 7) is 6.78. The third-order valence-corrected chi connectivity index (χ3v) is 2.62. The Kier molecular flexibility index (Phi) is 15.4. The molecule has 0 aromatic heterocycles. The van der Waals surface area contributed by atoms with E-state index in [1.165, 1.54) is 0 Å². The molecule has 5 heteroatoms. The molecule has 0 saturated heterocycles. The standard InChI is InChI=1S/C11H24O4S/c1-3-16-11-10-15-9-8-14-7-6-13-5-4-12-2/h3-11H2,1-2H3. The quantitative estimate of drug-likeness (QED) is 0.464. The fourth-order valence-corrected chi connectivity index (χ4v) is 1.47. The molecule has 0 fully saturated rings. The van der Waals surface area contributed by atoms with Crippen molar-refractivity contribution in [2.45, 2.75) is 6.92 Å². The van der Waals surface area contributed by atoms with Gasteiger partial charge in [-0.15, -0.1) is 0 Å². The van der Waals surface area contributed by atoms with Gasteiger partial charge >= 0.3 is 0 Å². The lowest BCUT2D eigenvalue weighted by Gasteiger charge is -2.06. The Morgan fingerprint density at radius 3 is 1.75 bits per heavy atom. The van der Waals surface area contributed by atoms with Gasteiger partial charge in [0.05, 0.1) is 46.2 Å². The van der Waals surface area contributed by atoms with Crippen molar-refractivity contribution in [3.05, 3.63) is 0 Å². The van der Waals surface area contributed by atoms with Crippen LogP contribution in [-0.2, 0) is 18.9 Å². The summed E-state index contributed by atoms with van der Waals surface area (Å²) in [5.41, 5.74) is 0. The fraction of sp³-hybridized carbons (Fsp3) is 1.00. The van der Waals surface area contributed by atoms with Crippen LogP contribution in [0.2, 0.25) is 0 Å². The predicted molar refractivity (Wildman–Crippen MR) is 67.3 cm³/mol. The minimum Gasteiger partial charge on any atom is -0.382 e. The second-order valence-electron chi connectivity index (χ2n) is 3.03. The van der Waals surface area contributed by atoms with Gasteiger partial charge in [0.25, 0.3) is 0 Å². The van der Waals surface area contributed by atoms with E-state index in [9.17, 15) is 0 Å². The number of hydrogen-bond acceptors (Lipinski definition) is 5. The first-order valence-corrected chi connectivity index (χ1v) is 6.87. The number of ether oxygens (including phenoxy) is 4. The highest BCUT2D eigenvalue weighted by Crippen LogP contribution is 1.96. The molecule has 0 N–H and O–H groups in total.